The molecule has 0 amide bonds. The van der Waals surface area contributed by atoms with Crippen LogP contribution >= 0.6 is 0 Å². The van der Waals surface area contributed by atoms with Gasteiger partial charge in [-0.3, -0.25) is 0 Å². The Morgan fingerprint density at radius 1 is 0.972 bits per heavy atom. The van der Waals surface area contributed by atoms with Gasteiger partial charge in [0.15, 0.2) is 0 Å². The topological polar surface area (TPSA) is 69.1 Å². The number of anilines is 4. The molecule has 2 aliphatic heterocycles. The molecular weight excluding hydrogens is 478 g/mol. The number of hydrogen-bond acceptors (Lipinski definition) is 8. The molecule has 2 aromatic carbocycles. The van der Waals surface area contributed by atoms with Crippen LogP contribution in [0, 0.1) is 5.82 Å². The lowest BCUT2D eigenvalue weighted by molar-refractivity contribution is -0.0663. The first-order valence-corrected chi connectivity index (χ1v) is 11.2. The lowest BCUT2D eigenvalue weighted by atomic mass is 10.1. The maximum Gasteiger partial charge on any atom is 0.451 e. The van der Waals surface area contributed by atoms with E-state index in [0.717, 1.165) is 10.6 Å². The smallest absolute Gasteiger partial charge is 0.378 e. The maximum absolute atomic E-state index is 14.4. The van der Waals surface area contributed by atoms with Crippen LogP contribution in [0.25, 0.3) is 11.3 Å². The summed E-state index contributed by atoms with van der Waals surface area (Å²) >= 11 is 0. The minimum atomic E-state index is -4.52. The lowest BCUT2D eigenvalue weighted by Gasteiger charge is -2.29. The Hall–Kier alpha value is -3.93. The molecule has 5 rings (SSSR count). The predicted octanol–water partition coefficient (Wildman–Crippen LogP) is 4.45. The number of benzene rings is 2. The van der Waals surface area contributed by atoms with Gasteiger partial charge in [-0.2, -0.15) is 13.2 Å². The van der Waals surface area contributed by atoms with Crippen LogP contribution in [-0.2, 0) is 4.74 Å². The van der Waals surface area contributed by atoms with Gasteiger partial charge in [0.05, 0.1) is 24.6 Å². The standard InChI is InChI=1S/C24H23F4N7O/c1-33-15-35(32-22(33)24(26,27)28)19-4-2-18(3-5-19)30-23-29-7-6-21(31-23)16-12-17(25)14-20(13-16)34-8-10-36-11-9-34/h2-7,12-14H,8-11,15H2,1H3,(H,29,30,31). The van der Waals surface area contributed by atoms with Crippen molar-refractivity contribution in [2.75, 3.05) is 55.2 Å². The first kappa shape index (κ1) is 23.8. The van der Waals surface area contributed by atoms with Gasteiger partial charge in [0, 0.05) is 43.3 Å². The van der Waals surface area contributed by atoms with Crippen LogP contribution in [0.2, 0.25) is 0 Å². The second-order valence-corrected chi connectivity index (χ2v) is 8.40. The number of alkyl halides is 3. The maximum atomic E-state index is 14.4. The number of ether oxygens (including phenoxy) is 1. The molecule has 1 fully saturated rings. The fraction of sp³-hybridized carbons (Fsp3) is 0.292. The number of halogens is 4. The summed E-state index contributed by atoms with van der Waals surface area (Å²) < 4.78 is 58.9. The van der Waals surface area contributed by atoms with E-state index in [1.54, 1.807) is 36.5 Å². The Morgan fingerprint density at radius 2 is 1.72 bits per heavy atom. The van der Waals surface area contributed by atoms with E-state index >= 15 is 0 Å². The highest BCUT2D eigenvalue weighted by atomic mass is 19.4. The molecule has 3 heterocycles. The average molecular weight is 501 g/mol. The summed E-state index contributed by atoms with van der Waals surface area (Å²) in [5, 5.41) is 8.04. The first-order valence-electron chi connectivity index (χ1n) is 11.2. The monoisotopic (exact) mass is 501 g/mol. The van der Waals surface area contributed by atoms with Crippen LogP contribution in [0.1, 0.15) is 0 Å². The van der Waals surface area contributed by atoms with E-state index in [1.165, 1.54) is 24.2 Å². The summed E-state index contributed by atoms with van der Waals surface area (Å²) in [4.78, 5) is 11.9. The lowest BCUT2D eigenvalue weighted by Crippen LogP contribution is -2.36. The van der Waals surface area contributed by atoms with Gasteiger partial charge in [-0.05, 0) is 48.5 Å². The molecule has 1 N–H and O–H groups in total. The highest BCUT2D eigenvalue weighted by molar-refractivity contribution is 5.90. The minimum Gasteiger partial charge on any atom is -0.378 e. The van der Waals surface area contributed by atoms with Crippen LogP contribution in [0.15, 0.2) is 59.8 Å². The summed E-state index contributed by atoms with van der Waals surface area (Å²) in [6.45, 7) is 2.55. The predicted molar refractivity (Wildman–Crippen MR) is 129 cm³/mol. The third-order valence-corrected chi connectivity index (χ3v) is 5.81. The zero-order chi connectivity index (χ0) is 25.3. The van der Waals surface area contributed by atoms with Crippen molar-refractivity contribution in [3.63, 3.8) is 0 Å². The highest BCUT2D eigenvalue weighted by Gasteiger charge is 2.42. The largest absolute Gasteiger partial charge is 0.451 e. The SMILES string of the molecule is CN1CN(c2ccc(Nc3nccc(-c4cc(F)cc(N5CCOCC5)c4)n3)cc2)N=C1C(F)(F)F. The van der Waals surface area contributed by atoms with E-state index in [2.05, 4.69) is 25.3 Å². The normalized spacial score (nSPS) is 16.4. The van der Waals surface area contributed by atoms with E-state index < -0.39 is 12.0 Å². The van der Waals surface area contributed by atoms with Gasteiger partial charge in [0.25, 0.3) is 0 Å². The Morgan fingerprint density at radius 3 is 2.42 bits per heavy atom. The molecule has 8 nitrogen and oxygen atoms in total. The van der Waals surface area contributed by atoms with Crippen molar-refractivity contribution in [2.24, 2.45) is 5.10 Å². The van der Waals surface area contributed by atoms with Gasteiger partial charge in [0.1, 0.15) is 12.5 Å². The van der Waals surface area contributed by atoms with Gasteiger partial charge in [-0.25, -0.2) is 19.4 Å². The zero-order valence-electron chi connectivity index (χ0n) is 19.3. The number of morpholine rings is 1. The molecule has 12 heteroatoms. The molecule has 3 aromatic rings. The van der Waals surface area contributed by atoms with Gasteiger partial charge < -0.3 is 19.9 Å². The summed E-state index contributed by atoms with van der Waals surface area (Å²) in [5.74, 6) is -0.999. The molecule has 0 radical (unpaired) electrons. The Labute approximate surface area is 204 Å². The second kappa shape index (κ2) is 9.61. The van der Waals surface area contributed by atoms with Crippen LogP contribution in [0.4, 0.5) is 40.6 Å². The number of hydrazone groups is 1. The number of amidine groups is 1. The van der Waals surface area contributed by atoms with E-state index in [4.69, 9.17) is 4.74 Å². The Balaban J connectivity index is 1.32. The van der Waals surface area contributed by atoms with E-state index in [1.807, 2.05) is 6.07 Å². The van der Waals surface area contributed by atoms with E-state index in [-0.39, 0.29) is 12.5 Å². The van der Waals surface area contributed by atoms with Crippen molar-refractivity contribution < 1.29 is 22.3 Å². The fourth-order valence-corrected chi connectivity index (χ4v) is 4.05. The van der Waals surface area contributed by atoms with Gasteiger partial charge in [-0.1, -0.05) is 0 Å². The Bertz CT molecular complexity index is 1260. The average Bonchev–Trinajstić information content (AvgIpc) is 3.27. The molecule has 0 bridgehead atoms. The summed E-state index contributed by atoms with van der Waals surface area (Å²) in [5.41, 5.74) is 3.08. The number of aromatic nitrogens is 2. The van der Waals surface area contributed by atoms with Crippen LogP contribution in [0.5, 0.6) is 0 Å². The molecule has 1 saturated heterocycles. The molecule has 2 aliphatic rings. The minimum absolute atomic E-state index is 0.00709. The van der Waals surface area contributed by atoms with Gasteiger partial charge in [0.2, 0.25) is 11.8 Å². The van der Waals surface area contributed by atoms with Crippen LogP contribution in [0.3, 0.4) is 0 Å². The molecule has 0 atom stereocenters. The number of nitrogens with zero attached hydrogens (tertiary/aromatic N) is 6. The molecule has 0 unspecified atom stereocenters. The number of hydrogen-bond donors (Lipinski definition) is 1. The van der Waals surface area contributed by atoms with Crippen molar-refractivity contribution in [3.05, 3.63) is 60.5 Å². The van der Waals surface area contributed by atoms with E-state index in [9.17, 15) is 17.6 Å². The van der Waals surface area contributed by atoms with Crippen LogP contribution < -0.4 is 15.2 Å². The first-order chi connectivity index (χ1) is 17.3. The highest BCUT2D eigenvalue weighted by Crippen LogP contribution is 2.29. The summed E-state index contributed by atoms with van der Waals surface area (Å²) in [6, 6.07) is 13.2. The van der Waals surface area contributed by atoms with Gasteiger partial charge in [-0.15, -0.1) is 5.10 Å². The van der Waals surface area contributed by atoms with Gasteiger partial charge >= 0.3 is 6.18 Å². The molecule has 36 heavy (non-hydrogen) atoms. The molecule has 1 aromatic heterocycles. The van der Waals surface area contributed by atoms with Crippen molar-refractivity contribution in [3.8, 4) is 11.3 Å². The summed E-state index contributed by atoms with van der Waals surface area (Å²) in [6.07, 6.45) is -2.94. The molecular formula is C24H23F4N7O. The molecule has 0 spiro atoms. The van der Waals surface area contributed by atoms with Crippen LogP contribution in [-0.4, -0.2) is 66.9 Å². The zero-order valence-corrected chi connectivity index (χ0v) is 19.3. The van der Waals surface area contributed by atoms with Crippen molar-refractivity contribution in [1.82, 2.24) is 14.9 Å². The quantitative estimate of drug-likeness (QED) is 0.518. The fourth-order valence-electron chi connectivity index (χ4n) is 4.05. The third-order valence-electron chi connectivity index (χ3n) is 5.81. The van der Waals surface area contributed by atoms with Crippen molar-refractivity contribution in [1.29, 1.82) is 0 Å². The number of nitrogens with one attached hydrogen (secondary N) is 1. The number of rotatable bonds is 5. The summed E-state index contributed by atoms with van der Waals surface area (Å²) in [7, 11) is 1.34. The molecule has 0 aliphatic carbocycles. The van der Waals surface area contributed by atoms with Crippen molar-refractivity contribution in [2.45, 2.75) is 6.18 Å². The van der Waals surface area contributed by atoms with Crippen molar-refractivity contribution >= 4 is 28.8 Å². The molecule has 188 valence electrons. The van der Waals surface area contributed by atoms with E-state index in [0.29, 0.717) is 54.9 Å². The third kappa shape index (κ3) is 5.18. The Kier molecular flexibility index (Phi) is 6.35. The second-order valence-electron chi connectivity index (χ2n) is 8.40. The molecule has 0 saturated carbocycles.